The summed E-state index contributed by atoms with van der Waals surface area (Å²) in [6.07, 6.45) is 2.55. The van der Waals surface area contributed by atoms with Crippen molar-refractivity contribution in [3.8, 4) is 0 Å². The van der Waals surface area contributed by atoms with Gasteiger partial charge in [-0.2, -0.15) is 0 Å². The Hall–Kier alpha value is -1.66. The van der Waals surface area contributed by atoms with Crippen LogP contribution in [-0.2, 0) is 0 Å². The second-order valence-electron chi connectivity index (χ2n) is 5.85. The number of halogens is 1. The van der Waals surface area contributed by atoms with Crippen LogP contribution in [0.25, 0.3) is 0 Å². The van der Waals surface area contributed by atoms with E-state index in [1.165, 1.54) is 18.5 Å². The van der Waals surface area contributed by atoms with Gasteiger partial charge in [-0.1, -0.05) is 20.8 Å². The Bertz CT molecular complexity index is 554. The van der Waals surface area contributed by atoms with Gasteiger partial charge in [0.1, 0.15) is 5.56 Å². The van der Waals surface area contributed by atoms with Crippen LogP contribution in [0, 0.1) is 5.41 Å². The Morgan fingerprint density at radius 1 is 1.30 bits per heavy atom. The number of aromatic nitrogens is 1. The highest BCUT2D eigenvalue weighted by atomic mass is 35.5. The molecule has 1 aliphatic heterocycles. The number of imide groups is 1. The molecule has 0 saturated carbocycles. The molecule has 20 heavy (non-hydrogen) atoms. The number of amides is 2. The molecule has 7 heteroatoms. The minimum Gasteiger partial charge on any atom is -0.326 e. The van der Waals surface area contributed by atoms with E-state index in [4.69, 9.17) is 5.73 Å². The molecule has 0 fully saturated rings. The number of hydrogen-bond acceptors (Lipinski definition) is 4. The van der Waals surface area contributed by atoms with Crippen LogP contribution in [0.1, 0.15) is 41.5 Å². The van der Waals surface area contributed by atoms with E-state index < -0.39 is 5.91 Å². The molecule has 1 aromatic heterocycles. The fourth-order valence-corrected chi connectivity index (χ4v) is 1.86. The van der Waals surface area contributed by atoms with Gasteiger partial charge in [0.05, 0.1) is 5.56 Å². The first-order valence-electron chi connectivity index (χ1n) is 6.08. The molecule has 0 saturated heterocycles. The van der Waals surface area contributed by atoms with E-state index in [0.717, 1.165) is 9.63 Å². The van der Waals surface area contributed by atoms with Crippen molar-refractivity contribution >= 4 is 24.2 Å². The fourth-order valence-electron chi connectivity index (χ4n) is 1.86. The molecule has 0 aliphatic carbocycles. The smallest absolute Gasteiger partial charge is 0.267 e. The molecule has 1 aromatic rings. The first-order chi connectivity index (χ1) is 8.71. The Balaban J connectivity index is 0.00000200. The van der Waals surface area contributed by atoms with E-state index in [2.05, 4.69) is 0 Å². The summed E-state index contributed by atoms with van der Waals surface area (Å²) in [6, 6.07) is 1.12. The van der Waals surface area contributed by atoms with Crippen molar-refractivity contribution in [2.24, 2.45) is 11.1 Å². The van der Waals surface area contributed by atoms with Crippen LogP contribution in [0.15, 0.2) is 18.5 Å². The average Bonchev–Trinajstić information content (AvgIpc) is 2.53. The van der Waals surface area contributed by atoms with Crippen molar-refractivity contribution in [2.75, 3.05) is 6.54 Å². The maximum absolute atomic E-state index is 12.1. The summed E-state index contributed by atoms with van der Waals surface area (Å²) < 4.78 is 0.761. The standard InChI is InChI=1S/C13H18N3O3.ClH/c1-13(2,3)10(14)7-16-11(17)8-4-5-15(19)6-9(8)12(16)18;/h4-6,10,19H,7,14H2,1-3H3;1H/q+1;/t10-;/m1./s1. The Morgan fingerprint density at radius 3 is 2.40 bits per heavy atom. The Labute approximate surface area is 123 Å². The number of hydrogen-bond donors (Lipinski definition) is 2. The van der Waals surface area contributed by atoms with Gasteiger partial charge in [0, 0.05) is 23.4 Å². The van der Waals surface area contributed by atoms with E-state index in [-0.39, 0.29) is 41.9 Å². The average molecular weight is 301 g/mol. The minimum atomic E-state index is -0.414. The molecule has 110 valence electrons. The first-order valence-corrected chi connectivity index (χ1v) is 6.08. The third-order valence-electron chi connectivity index (χ3n) is 3.39. The van der Waals surface area contributed by atoms with Crippen LogP contribution in [0.4, 0.5) is 0 Å². The topological polar surface area (TPSA) is 87.5 Å². The second kappa shape index (κ2) is 5.38. The molecule has 0 aromatic carbocycles. The normalized spacial score (nSPS) is 15.9. The van der Waals surface area contributed by atoms with Gasteiger partial charge in [-0.05, 0) is 5.41 Å². The molecule has 3 N–H and O–H groups in total. The van der Waals surface area contributed by atoms with E-state index in [1.54, 1.807) is 0 Å². The highest BCUT2D eigenvalue weighted by Crippen LogP contribution is 2.24. The predicted octanol–water partition coefficient (Wildman–Crippen LogP) is 0.603. The molecular weight excluding hydrogens is 282 g/mol. The molecule has 6 nitrogen and oxygen atoms in total. The van der Waals surface area contributed by atoms with Gasteiger partial charge in [0.2, 0.25) is 12.4 Å². The zero-order valence-corrected chi connectivity index (χ0v) is 12.5. The third kappa shape index (κ3) is 2.76. The minimum absolute atomic E-state index is 0. The first kappa shape index (κ1) is 16.4. The summed E-state index contributed by atoms with van der Waals surface area (Å²) in [5.41, 5.74) is 6.32. The van der Waals surface area contributed by atoms with Gasteiger partial charge < -0.3 is 5.73 Å². The summed E-state index contributed by atoms with van der Waals surface area (Å²) >= 11 is 0. The van der Waals surface area contributed by atoms with Crippen molar-refractivity contribution in [1.82, 2.24) is 4.90 Å². The summed E-state index contributed by atoms with van der Waals surface area (Å²) in [4.78, 5) is 25.4. The summed E-state index contributed by atoms with van der Waals surface area (Å²) in [6.45, 7) is 6.04. The van der Waals surface area contributed by atoms with Crippen molar-refractivity contribution in [3.05, 3.63) is 29.6 Å². The maximum Gasteiger partial charge on any atom is 0.267 e. The molecule has 1 atom stereocenters. The van der Waals surface area contributed by atoms with E-state index >= 15 is 0 Å². The van der Waals surface area contributed by atoms with Gasteiger partial charge in [0.25, 0.3) is 11.8 Å². The van der Waals surface area contributed by atoms with E-state index in [1.807, 2.05) is 20.8 Å². The van der Waals surface area contributed by atoms with E-state index in [9.17, 15) is 14.8 Å². The number of rotatable bonds is 2. The van der Waals surface area contributed by atoms with Crippen LogP contribution in [-0.4, -0.2) is 34.5 Å². The maximum atomic E-state index is 12.1. The van der Waals surface area contributed by atoms with Crippen LogP contribution in [0.5, 0.6) is 0 Å². The largest absolute Gasteiger partial charge is 0.326 e. The fraction of sp³-hybridized carbons (Fsp3) is 0.462. The van der Waals surface area contributed by atoms with Gasteiger partial charge in [-0.3, -0.25) is 19.7 Å². The Morgan fingerprint density at radius 2 is 1.85 bits per heavy atom. The van der Waals surface area contributed by atoms with Crippen LogP contribution < -0.4 is 10.5 Å². The van der Waals surface area contributed by atoms with Gasteiger partial charge in [0.15, 0.2) is 0 Å². The summed E-state index contributed by atoms with van der Waals surface area (Å²) in [5, 5.41) is 9.31. The molecular formula is C13H19ClN3O3+. The lowest BCUT2D eigenvalue weighted by Gasteiger charge is -2.29. The molecule has 2 heterocycles. The van der Waals surface area contributed by atoms with Gasteiger partial charge >= 0.3 is 0 Å². The van der Waals surface area contributed by atoms with E-state index in [0.29, 0.717) is 5.56 Å². The SMILES string of the molecule is CC(C)(C)[C@H](N)CN1C(=O)c2cc[n+](O)cc2C1=O.Cl. The van der Waals surface area contributed by atoms with Gasteiger partial charge in [-0.25, -0.2) is 0 Å². The molecule has 0 bridgehead atoms. The van der Waals surface area contributed by atoms with Crippen molar-refractivity contribution in [3.63, 3.8) is 0 Å². The van der Waals surface area contributed by atoms with Crippen molar-refractivity contribution in [1.29, 1.82) is 0 Å². The van der Waals surface area contributed by atoms with Crippen LogP contribution in [0.2, 0.25) is 0 Å². The van der Waals surface area contributed by atoms with Gasteiger partial charge in [-0.15, -0.1) is 12.4 Å². The van der Waals surface area contributed by atoms with Crippen molar-refractivity contribution in [2.45, 2.75) is 26.8 Å². The zero-order chi connectivity index (χ0) is 14.4. The molecule has 0 spiro atoms. The molecule has 1 aliphatic rings. The summed E-state index contributed by atoms with van der Waals surface area (Å²) in [7, 11) is 0. The molecule has 2 rings (SSSR count). The zero-order valence-electron chi connectivity index (χ0n) is 11.7. The Kier molecular flexibility index (Phi) is 4.41. The molecule has 2 amide bonds. The predicted molar refractivity (Wildman–Crippen MR) is 73.9 cm³/mol. The summed E-state index contributed by atoms with van der Waals surface area (Å²) in [5.74, 6) is -0.775. The quantitative estimate of drug-likeness (QED) is 0.476. The van der Waals surface area contributed by atoms with Crippen LogP contribution in [0.3, 0.4) is 0 Å². The second-order valence-corrected chi connectivity index (χ2v) is 5.85. The highest BCUT2D eigenvalue weighted by molar-refractivity contribution is 6.21. The lowest BCUT2D eigenvalue weighted by molar-refractivity contribution is -0.904. The highest BCUT2D eigenvalue weighted by Gasteiger charge is 2.40. The number of carbonyl (C=O) groups is 2. The number of nitrogens with zero attached hydrogens (tertiary/aromatic N) is 2. The number of pyridine rings is 1. The molecule has 0 radical (unpaired) electrons. The number of carbonyl (C=O) groups excluding carboxylic acids is 2. The lowest BCUT2D eigenvalue weighted by Crippen LogP contribution is -2.47. The molecule has 0 unspecified atom stereocenters. The van der Waals surface area contributed by atoms with Crippen molar-refractivity contribution < 1.29 is 19.5 Å². The third-order valence-corrected chi connectivity index (χ3v) is 3.39. The number of fused-ring (bicyclic) bond motifs is 1. The lowest BCUT2D eigenvalue weighted by atomic mass is 9.87. The monoisotopic (exact) mass is 300 g/mol. The number of nitrogens with two attached hydrogens (primary N) is 1. The van der Waals surface area contributed by atoms with Crippen LogP contribution >= 0.6 is 12.4 Å².